The van der Waals surface area contributed by atoms with Crippen molar-refractivity contribution < 1.29 is 4.79 Å². The molecule has 0 radical (unpaired) electrons. The molecular formula is C21H21ClN4O2. The third-order valence-corrected chi connectivity index (χ3v) is 5.40. The number of amides is 1. The number of benzene rings is 2. The largest absolute Gasteiger partial charge is 0.368 e. The van der Waals surface area contributed by atoms with E-state index in [0.29, 0.717) is 29.0 Å². The van der Waals surface area contributed by atoms with E-state index in [1.165, 1.54) is 10.9 Å². The Morgan fingerprint density at radius 1 is 1.11 bits per heavy atom. The first-order valence-corrected chi connectivity index (χ1v) is 9.64. The zero-order valence-corrected chi connectivity index (χ0v) is 16.4. The maximum Gasteiger partial charge on any atom is 0.261 e. The summed E-state index contributed by atoms with van der Waals surface area (Å²) in [5.41, 5.74) is 2.51. The highest BCUT2D eigenvalue weighted by atomic mass is 35.5. The van der Waals surface area contributed by atoms with Crippen LogP contribution in [0.15, 0.2) is 53.6 Å². The molecule has 144 valence electrons. The third-order valence-electron chi connectivity index (χ3n) is 5.17. The van der Waals surface area contributed by atoms with Crippen molar-refractivity contribution in [3.8, 4) is 0 Å². The van der Waals surface area contributed by atoms with Crippen molar-refractivity contribution in [3.05, 3.63) is 69.7 Å². The molecule has 0 unspecified atom stereocenters. The van der Waals surface area contributed by atoms with Gasteiger partial charge in [0.05, 0.1) is 17.2 Å². The minimum Gasteiger partial charge on any atom is -0.368 e. The number of carbonyl (C=O) groups is 1. The van der Waals surface area contributed by atoms with Crippen LogP contribution >= 0.6 is 11.6 Å². The summed E-state index contributed by atoms with van der Waals surface area (Å²) in [5, 5.41) is 1.25. The third kappa shape index (κ3) is 3.60. The summed E-state index contributed by atoms with van der Waals surface area (Å²) in [6.45, 7) is 4.61. The second-order valence-electron chi connectivity index (χ2n) is 7.00. The first-order chi connectivity index (χ1) is 13.5. The van der Waals surface area contributed by atoms with E-state index in [1.54, 1.807) is 11.0 Å². The van der Waals surface area contributed by atoms with Crippen LogP contribution in [0.4, 0.5) is 5.69 Å². The number of hydrogen-bond donors (Lipinski definition) is 0. The number of nitrogens with zero attached hydrogens (tertiary/aromatic N) is 4. The molecule has 2 aromatic carbocycles. The maximum absolute atomic E-state index is 12.7. The molecule has 1 aliphatic rings. The molecule has 2 heterocycles. The lowest BCUT2D eigenvalue weighted by molar-refractivity contribution is -0.132. The number of carbonyl (C=O) groups excluding carboxylic acids is 1. The predicted octanol–water partition coefficient (Wildman–Crippen LogP) is 2.71. The number of rotatable bonds is 3. The van der Waals surface area contributed by atoms with Gasteiger partial charge in [0.15, 0.2) is 0 Å². The molecule has 0 saturated carbocycles. The van der Waals surface area contributed by atoms with E-state index >= 15 is 0 Å². The highest BCUT2D eigenvalue weighted by Crippen LogP contribution is 2.21. The number of aryl methyl sites for hydroxylation is 1. The standard InChI is InChI=1S/C21H21ClN4O2/c1-15-4-2-7-18-20(15)23-14-26(21(18)28)13-19(27)25-10-8-24(9-11-25)17-6-3-5-16(22)12-17/h2-7,12,14H,8-11,13H2,1H3. The van der Waals surface area contributed by atoms with Gasteiger partial charge in [0, 0.05) is 36.9 Å². The number of anilines is 1. The normalized spacial score (nSPS) is 14.5. The lowest BCUT2D eigenvalue weighted by Gasteiger charge is -2.36. The van der Waals surface area contributed by atoms with Crippen molar-refractivity contribution in [3.63, 3.8) is 0 Å². The summed E-state index contributed by atoms with van der Waals surface area (Å²) in [6, 6.07) is 13.2. The van der Waals surface area contributed by atoms with Crippen LogP contribution in [0.2, 0.25) is 5.02 Å². The van der Waals surface area contributed by atoms with Crippen LogP contribution < -0.4 is 10.5 Å². The molecule has 1 aliphatic heterocycles. The van der Waals surface area contributed by atoms with Crippen molar-refractivity contribution in [2.75, 3.05) is 31.1 Å². The number of halogens is 1. The molecule has 0 aliphatic carbocycles. The Morgan fingerprint density at radius 2 is 1.86 bits per heavy atom. The van der Waals surface area contributed by atoms with Gasteiger partial charge in [0.2, 0.25) is 5.91 Å². The van der Waals surface area contributed by atoms with Crippen molar-refractivity contribution >= 4 is 34.1 Å². The molecule has 0 spiro atoms. The lowest BCUT2D eigenvalue weighted by Crippen LogP contribution is -2.50. The topological polar surface area (TPSA) is 58.4 Å². The second-order valence-corrected chi connectivity index (χ2v) is 7.43. The summed E-state index contributed by atoms with van der Waals surface area (Å²) in [4.78, 5) is 33.8. The number of piperazine rings is 1. The van der Waals surface area contributed by atoms with Crippen molar-refractivity contribution in [1.29, 1.82) is 0 Å². The molecule has 7 heteroatoms. The highest BCUT2D eigenvalue weighted by Gasteiger charge is 2.22. The first-order valence-electron chi connectivity index (χ1n) is 9.26. The van der Waals surface area contributed by atoms with Gasteiger partial charge in [-0.15, -0.1) is 0 Å². The summed E-state index contributed by atoms with van der Waals surface area (Å²) in [6.07, 6.45) is 1.47. The molecule has 4 rings (SSSR count). The van der Waals surface area contributed by atoms with Crippen LogP contribution in [-0.4, -0.2) is 46.5 Å². The molecule has 1 saturated heterocycles. The highest BCUT2D eigenvalue weighted by molar-refractivity contribution is 6.30. The predicted molar refractivity (Wildman–Crippen MR) is 111 cm³/mol. The van der Waals surface area contributed by atoms with Crippen molar-refractivity contribution in [1.82, 2.24) is 14.5 Å². The number of para-hydroxylation sites is 1. The number of aromatic nitrogens is 2. The Bertz CT molecular complexity index is 1090. The molecular weight excluding hydrogens is 376 g/mol. The monoisotopic (exact) mass is 396 g/mol. The molecule has 6 nitrogen and oxygen atoms in total. The van der Waals surface area contributed by atoms with Gasteiger partial charge in [-0.05, 0) is 36.8 Å². The molecule has 28 heavy (non-hydrogen) atoms. The van der Waals surface area contributed by atoms with E-state index < -0.39 is 0 Å². The minimum absolute atomic E-state index is 0.00683. The Hall–Kier alpha value is -2.86. The van der Waals surface area contributed by atoms with Gasteiger partial charge in [-0.2, -0.15) is 0 Å². The summed E-state index contributed by atoms with van der Waals surface area (Å²) < 4.78 is 1.40. The Balaban J connectivity index is 1.45. The van der Waals surface area contributed by atoms with Crippen molar-refractivity contribution in [2.45, 2.75) is 13.5 Å². The molecule has 0 N–H and O–H groups in total. The van der Waals surface area contributed by atoms with E-state index in [9.17, 15) is 9.59 Å². The summed E-state index contributed by atoms with van der Waals surface area (Å²) >= 11 is 6.07. The van der Waals surface area contributed by atoms with Gasteiger partial charge in [0.1, 0.15) is 6.54 Å². The SMILES string of the molecule is Cc1cccc2c(=O)n(CC(=O)N3CCN(c4cccc(Cl)c4)CC3)cnc12. The van der Waals surface area contributed by atoms with Crippen LogP contribution in [0.25, 0.3) is 10.9 Å². The second kappa shape index (κ2) is 7.64. The van der Waals surface area contributed by atoms with E-state index in [2.05, 4.69) is 9.88 Å². The lowest BCUT2D eigenvalue weighted by atomic mass is 10.1. The molecule has 0 atom stereocenters. The molecule has 0 bridgehead atoms. The van der Waals surface area contributed by atoms with E-state index in [0.717, 1.165) is 24.3 Å². The fourth-order valence-corrected chi connectivity index (χ4v) is 3.77. The molecule has 3 aromatic rings. The van der Waals surface area contributed by atoms with Gasteiger partial charge in [-0.1, -0.05) is 29.8 Å². The quantitative estimate of drug-likeness (QED) is 0.683. The Kier molecular flexibility index (Phi) is 5.05. The average Bonchev–Trinajstić information content (AvgIpc) is 2.71. The van der Waals surface area contributed by atoms with Crippen LogP contribution in [0.3, 0.4) is 0 Å². The molecule has 1 aromatic heterocycles. The van der Waals surface area contributed by atoms with E-state index in [4.69, 9.17) is 11.6 Å². The van der Waals surface area contributed by atoms with Crippen LogP contribution in [0.5, 0.6) is 0 Å². The van der Waals surface area contributed by atoms with Gasteiger partial charge in [-0.25, -0.2) is 4.98 Å². The zero-order valence-electron chi connectivity index (χ0n) is 15.6. The number of hydrogen-bond acceptors (Lipinski definition) is 4. The van der Waals surface area contributed by atoms with Gasteiger partial charge >= 0.3 is 0 Å². The van der Waals surface area contributed by atoms with Crippen molar-refractivity contribution in [2.24, 2.45) is 0 Å². The van der Waals surface area contributed by atoms with Crippen LogP contribution in [0, 0.1) is 6.92 Å². The summed E-state index contributed by atoms with van der Waals surface area (Å²) in [7, 11) is 0. The van der Waals surface area contributed by atoms with Crippen LogP contribution in [0.1, 0.15) is 5.56 Å². The average molecular weight is 397 g/mol. The van der Waals surface area contributed by atoms with Crippen LogP contribution in [-0.2, 0) is 11.3 Å². The maximum atomic E-state index is 12.7. The number of fused-ring (bicyclic) bond motifs is 1. The smallest absolute Gasteiger partial charge is 0.261 e. The zero-order chi connectivity index (χ0) is 19.7. The van der Waals surface area contributed by atoms with E-state index in [-0.39, 0.29) is 18.0 Å². The van der Waals surface area contributed by atoms with Gasteiger partial charge in [-0.3, -0.25) is 14.2 Å². The Labute approximate surface area is 168 Å². The molecule has 1 amide bonds. The minimum atomic E-state index is -0.181. The van der Waals surface area contributed by atoms with Gasteiger partial charge in [0.25, 0.3) is 5.56 Å². The fraction of sp³-hybridized carbons (Fsp3) is 0.286. The molecule has 1 fully saturated rings. The fourth-order valence-electron chi connectivity index (χ4n) is 3.58. The Morgan fingerprint density at radius 3 is 2.61 bits per heavy atom. The van der Waals surface area contributed by atoms with E-state index in [1.807, 2.05) is 43.3 Å². The summed E-state index contributed by atoms with van der Waals surface area (Å²) in [5.74, 6) is -0.0679. The first kappa shape index (κ1) is 18.5. The van der Waals surface area contributed by atoms with Gasteiger partial charge < -0.3 is 9.80 Å².